The Morgan fingerprint density at radius 2 is 1.29 bits per heavy atom. The summed E-state index contributed by atoms with van der Waals surface area (Å²) in [4.78, 5) is 21.5. The first kappa shape index (κ1) is 24.9. The molecule has 0 aliphatic heterocycles. The molecule has 0 atom stereocenters. The molecule has 1 heterocycles. The molecule has 1 amide bonds. The fourth-order valence-corrected chi connectivity index (χ4v) is 6.71. The lowest BCUT2D eigenvalue weighted by Crippen LogP contribution is -2.50. The second-order valence-electron chi connectivity index (χ2n) is 11.2. The summed E-state index contributed by atoms with van der Waals surface area (Å²) in [5.74, 6) is 1.26. The van der Waals surface area contributed by atoms with Crippen molar-refractivity contribution in [3.05, 3.63) is 90.3 Å². The van der Waals surface area contributed by atoms with E-state index >= 15 is 0 Å². The molecular formula is C34H39N3O. The molecule has 6 rings (SSSR count). The third kappa shape index (κ3) is 5.41. The van der Waals surface area contributed by atoms with Crippen LogP contribution >= 0.6 is 0 Å². The third-order valence-electron chi connectivity index (χ3n) is 8.67. The van der Waals surface area contributed by atoms with Gasteiger partial charge in [0.15, 0.2) is 0 Å². The lowest BCUT2D eigenvalue weighted by atomic mass is 9.88. The molecule has 4 nitrogen and oxygen atoms in total. The van der Waals surface area contributed by atoms with Gasteiger partial charge in [0.1, 0.15) is 12.4 Å². The van der Waals surface area contributed by atoms with Crippen molar-refractivity contribution in [3.8, 4) is 11.1 Å². The van der Waals surface area contributed by atoms with Crippen LogP contribution in [0.1, 0.15) is 75.6 Å². The summed E-state index contributed by atoms with van der Waals surface area (Å²) in [5, 5.41) is 0. The van der Waals surface area contributed by atoms with E-state index in [0.29, 0.717) is 25.0 Å². The van der Waals surface area contributed by atoms with Gasteiger partial charge in [0, 0.05) is 18.5 Å². The molecule has 3 aromatic carbocycles. The first-order chi connectivity index (χ1) is 18.8. The maximum Gasteiger partial charge on any atom is 0.243 e. The summed E-state index contributed by atoms with van der Waals surface area (Å²) in [5.41, 5.74) is 5.68. The Balaban J connectivity index is 1.28. The van der Waals surface area contributed by atoms with Crippen LogP contribution in [0.2, 0.25) is 0 Å². The maximum atomic E-state index is 14.1. The van der Waals surface area contributed by atoms with Gasteiger partial charge in [-0.25, -0.2) is 4.98 Å². The van der Waals surface area contributed by atoms with Crippen molar-refractivity contribution in [2.45, 2.75) is 89.3 Å². The number of imidazole rings is 1. The van der Waals surface area contributed by atoms with Crippen LogP contribution in [0.4, 0.5) is 0 Å². The van der Waals surface area contributed by atoms with Crippen LogP contribution < -0.4 is 0 Å². The first-order valence-corrected chi connectivity index (χ1v) is 14.7. The zero-order valence-electron chi connectivity index (χ0n) is 22.4. The maximum absolute atomic E-state index is 14.1. The molecule has 0 bridgehead atoms. The first-order valence-electron chi connectivity index (χ1n) is 14.7. The molecule has 38 heavy (non-hydrogen) atoms. The van der Waals surface area contributed by atoms with Crippen molar-refractivity contribution in [2.24, 2.45) is 0 Å². The molecule has 2 saturated carbocycles. The van der Waals surface area contributed by atoms with E-state index in [1.807, 2.05) is 12.1 Å². The van der Waals surface area contributed by atoms with E-state index in [-0.39, 0.29) is 5.91 Å². The van der Waals surface area contributed by atoms with Crippen molar-refractivity contribution in [1.82, 2.24) is 14.5 Å². The lowest BCUT2D eigenvalue weighted by Gasteiger charge is -2.42. The highest BCUT2D eigenvalue weighted by molar-refractivity contribution is 5.81. The summed E-state index contributed by atoms with van der Waals surface area (Å²) >= 11 is 0. The largest absolute Gasteiger partial charge is 0.335 e. The number of fused-ring (bicyclic) bond motifs is 1. The highest BCUT2D eigenvalue weighted by atomic mass is 16.2. The molecular weight excluding hydrogens is 466 g/mol. The van der Waals surface area contributed by atoms with Crippen LogP contribution in [0, 0.1) is 0 Å². The predicted molar refractivity (Wildman–Crippen MR) is 155 cm³/mol. The smallest absolute Gasteiger partial charge is 0.243 e. The van der Waals surface area contributed by atoms with Crippen LogP contribution in [0.15, 0.2) is 78.9 Å². The summed E-state index contributed by atoms with van der Waals surface area (Å²) in [7, 11) is 0. The Bertz CT molecular complexity index is 1330. The van der Waals surface area contributed by atoms with E-state index < -0.39 is 0 Å². The summed E-state index contributed by atoms with van der Waals surface area (Å²) in [6, 6.07) is 28.4. The van der Waals surface area contributed by atoms with Gasteiger partial charge in [-0.1, -0.05) is 105 Å². The number of amides is 1. The van der Waals surface area contributed by atoms with E-state index in [2.05, 4.69) is 76.2 Å². The lowest BCUT2D eigenvalue weighted by molar-refractivity contribution is -0.138. The molecule has 0 N–H and O–H groups in total. The molecule has 2 aliphatic rings. The average molecular weight is 506 g/mol. The van der Waals surface area contributed by atoms with Gasteiger partial charge >= 0.3 is 0 Å². The quantitative estimate of drug-likeness (QED) is 0.257. The van der Waals surface area contributed by atoms with Gasteiger partial charge in [-0.3, -0.25) is 4.79 Å². The molecule has 0 unspecified atom stereocenters. The van der Waals surface area contributed by atoms with E-state index in [0.717, 1.165) is 42.5 Å². The summed E-state index contributed by atoms with van der Waals surface area (Å²) < 4.78 is 2.20. The number of aromatic nitrogens is 2. The standard InChI is InChI=1S/C34H39N3O/c38-34(37(29-14-6-2-7-15-29)30-16-8-3-9-17-30)25-36-32-19-11-10-18-31(32)35-33(36)24-26-20-22-28(23-21-26)27-12-4-1-5-13-27/h1,4-5,10-13,18-23,29-30H,2-3,6-9,14-17,24-25H2. The zero-order valence-corrected chi connectivity index (χ0v) is 22.4. The van der Waals surface area contributed by atoms with Gasteiger partial charge in [-0.2, -0.15) is 0 Å². The van der Waals surface area contributed by atoms with E-state index in [4.69, 9.17) is 4.98 Å². The van der Waals surface area contributed by atoms with Crippen molar-refractivity contribution in [1.29, 1.82) is 0 Å². The molecule has 196 valence electrons. The number of rotatable bonds is 7. The molecule has 0 saturated heterocycles. The summed E-state index contributed by atoms with van der Waals surface area (Å²) in [6.45, 7) is 0.380. The van der Waals surface area contributed by atoms with Gasteiger partial charge in [0.2, 0.25) is 5.91 Å². The molecule has 4 aromatic rings. The predicted octanol–water partition coefficient (Wildman–Crippen LogP) is 7.79. The van der Waals surface area contributed by atoms with Gasteiger partial charge < -0.3 is 9.47 Å². The Labute approximate surface area is 226 Å². The fourth-order valence-electron chi connectivity index (χ4n) is 6.71. The zero-order chi connectivity index (χ0) is 25.7. The second kappa shape index (κ2) is 11.6. The van der Waals surface area contributed by atoms with E-state index in [9.17, 15) is 4.79 Å². The number of carbonyl (C=O) groups is 1. The van der Waals surface area contributed by atoms with Gasteiger partial charge in [-0.15, -0.1) is 0 Å². The third-order valence-corrected chi connectivity index (χ3v) is 8.67. The minimum Gasteiger partial charge on any atom is -0.335 e. The Kier molecular flexibility index (Phi) is 7.57. The fraction of sp³-hybridized carbons (Fsp3) is 0.412. The number of hydrogen-bond donors (Lipinski definition) is 0. The second-order valence-corrected chi connectivity index (χ2v) is 11.2. The van der Waals surface area contributed by atoms with Crippen LogP contribution in [0.3, 0.4) is 0 Å². The highest BCUT2D eigenvalue weighted by Gasteiger charge is 2.33. The van der Waals surface area contributed by atoms with Crippen LogP contribution in [0.25, 0.3) is 22.2 Å². The van der Waals surface area contributed by atoms with Gasteiger partial charge in [-0.05, 0) is 54.5 Å². The Morgan fingerprint density at radius 3 is 1.95 bits per heavy atom. The highest BCUT2D eigenvalue weighted by Crippen LogP contribution is 2.31. The average Bonchev–Trinajstić information content (AvgIpc) is 3.31. The Morgan fingerprint density at radius 1 is 0.711 bits per heavy atom. The number of para-hydroxylation sites is 2. The molecule has 4 heteroatoms. The Hall–Kier alpha value is -3.40. The van der Waals surface area contributed by atoms with Crippen LogP contribution in [-0.4, -0.2) is 32.4 Å². The number of carbonyl (C=O) groups excluding carboxylic acids is 1. The number of nitrogens with zero attached hydrogens (tertiary/aromatic N) is 3. The normalized spacial score (nSPS) is 17.1. The van der Waals surface area contributed by atoms with Gasteiger partial charge in [0.05, 0.1) is 11.0 Å². The van der Waals surface area contributed by atoms with E-state index in [1.165, 1.54) is 55.2 Å². The van der Waals surface area contributed by atoms with E-state index in [1.54, 1.807) is 0 Å². The van der Waals surface area contributed by atoms with Crippen molar-refractivity contribution < 1.29 is 4.79 Å². The van der Waals surface area contributed by atoms with Crippen LogP contribution in [0.5, 0.6) is 0 Å². The van der Waals surface area contributed by atoms with Crippen molar-refractivity contribution >= 4 is 16.9 Å². The monoisotopic (exact) mass is 505 g/mol. The minimum absolute atomic E-state index is 0.285. The van der Waals surface area contributed by atoms with Crippen LogP contribution in [-0.2, 0) is 17.8 Å². The van der Waals surface area contributed by atoms with Crippen molar-refractivity contribution in [2.75, 3.05) is 0 Å². The molecule has 0 radical (unpaired) electrons. The van der Waals surface area contributed by atoms with Crippen molar-refractivity contribution in [3.63, 3.8) is 0 Å². The molecule has 2 fully saturated rings. The summed E-state index contributed by atoms with van der Waals surface area (Å²) in [6.07, 6.45) is 13.0. The number of hydrogen-bond acceptors (Lipinski definition) is 2. The SMILES string of the molecule is O=C(Cn1c(Cc2ccc(-c3ccccc3)cc2)nc2ccccc21)N(C1CCCCC1)C1CCCCC1. The number of benzene rings is 3. The molecule has 2 aliphatic carbocycles. The van der Waals surface area contributed by atoms with Gasteiger partial charge in [0.25, 0.3) is 0 Å². The topological polar surface area (TPSA) is 38.1 Å². The molecule has 0 spiro atoms. The minimum atomic E-state index is 0.285. The molecule has 1 aromatic heterocycles.